The summed E-state index contributed by atoms with van der Waals surface area (Å²) < 4.78 is 15.3. The maximum absolute atomic E-state index is 5.25. The molecular weight excluding hydrogens is 120 g/mol. The van der Waals surface area contributed by atoms with E-state index in [-0.39, 0.29) is 6.29 Å². The van der Waals surface area contributed by atoms with Gasteiger partial charge in [0.25, 0.3) is 0 Å². The van der Waals surface area contributed by atoms with Crippen LogP contribution in [0.2, 0.25) is 0 Å². The Morgan fingerprint density at radius 1 is 1.56 bits per heavy atom. The monoisotopic (exact) mass is 132 g/mol. The van der Waals surface area contributed by atoms with Gasteiger partial charge in [-0.25, -0.2) is 0 Å². The van der Waals surface area contributed by atoms with E-state index in [2.05, 4.69) is 0 Å². The fourth-order valence-electron chi connectivity index (χ4n) is 0.769. The second kappa shape index (κ2) is 2.25. The van der Waals surface area contributed by atoms with Gasteiger partial charge >= 0.3 is 0 Å². The lowest BCUT2D eigenvalue weighted by molar-refractivity contribution is -0.182. The van der Waals surface area contributed by atoms with Crippen LogP contribution in [0.3, 0.4) is 0 Å². The normalized spacial score (nSPS) is 33.0. The second-order valence-electron chi connectivity index (χ2n) is 2.49. The second-order valence-corrected chi connectivity index (χ2v) is 2.49. The summed E-state index contributed by atoms with van der Waals surface area (Å²) in [6.45, 7) is 4.27. The molecule has 1 rings (SSSR count). The third-order valence-electron chi connectivity index (χ3n) is 1.25. The SMILES string of the molecule is CO[C@@H]1COC(C)(C)O1. The van der Waals surface area contributed by atoms with Crippen molar-refractivity contribution in [1.29, 1.82) is 0 Å². The number of rotatable bonds is 1. The molecule has 0 aromatic rings. The molecular formula is C6H12O3. The number of hydrogen-bond donors (Lipinski definition) is 0. The van der Waals surface area contributed by atoms with Gasteiger partial charge in [-0.3, -0.25) is 0 Å². The van der Waals surface area contributed by atoms with Gasteiger partial charge in [0.15, 0.2) is 12.1 Å². The fraction of sp³-hybridized carbons (Fsp3) is 1.00. The largest absolute Gasteiger partial charge is 0.353 e. The Kier molecular flexibility index (Phi) is 1.75. The van der Waals surface area contributed by atoms with Gasteiger partial charge in [0.05, 0.1) is 0 Å². The van der Waals surface area contributed by atoms with E-state index in [0.717, 1.165) is 0 Å². The van der Waals surface area contributed by atoms with E-state index >= 15 is 0 Å². The first kappa shape index (κ1) is 6.99. The zero-order chi connectivity index (χ0) is 6.91. The average molecular weight is 132 g/mol. The molecule has 0 radical (unpaired) electrons. The first-order valence-electron chi connectivity index (χ1n) is 2.98. The zero-order valence-electron chi connectivity index (χ0n) is 6.01. The van der Waals surface area contributed by atoms with Crippen molar-refractivity contribution in [2.75, 3.05) is 13.7 Å². The predicted octanol–water partition coefficient (Wildman–Crippen LogP) is 0.742. The van der Waals surface area contributed by atoms with Crippen LogP contribution in [0.25, 0.3) is 0 Å². The Balaban J connectivity index is 2.38. The van der Waals surface area contributed by atoms with Crippen LogP contribution in [-0.4, -0.2) is 25.8 Å². The van der Waals surface area contributed by atoms with E-state index in [1.165, 1.54) is 0 Å². The maximum atomic E-state index is 5.25. The van der Waals surface area contributed by atoms with E-state index in [1.807, 2.05) is 13.8 Å². The van der Waals surface area contributed by atoms with Crippen LogP contribution in [-0.2, 0) is 14.2 Å². The molecule has 1 aliphatic heterocycles. The van der Waals surface area contributed by atoms with Gasteiger partial charge in [-0.1, -0.05) is 0 Å². The van der Waals surface area contributed by atoms with Crippen molar-refractivity contribution < 1.29 is 14.2 Å². The van der Waals surface area contributed by atoms with Crippen molar-refractivity contribution in [2.45, 2.75) is 25.9 Å². The molecule has 0 bridgehead atoms. The average Bonchev–Trinajstić information content (AvgIpc) is 2.10. The third kappa shape index (κ3) is 1.64. The molecule has 9 heavy (non-hydrogen) atoms. The topological polar surface area (TPSA) is 27.7 Å². The first-order chi connectivity index (χ1) is 4.14. The highest BCUT2D eigenvalue weighted by atomic mass is 16.8. The van der Waals surface area contributed by atoms with Crippen LogP contribution in [0, 0.1) is 0 Å². The molecule has 54 valence electrons. The fourth-order valence-corrected chi connectivity index (χ4v) is 0.769. The van der Waals surface area contributed by atoms with Crippen molar-refractivity contribution in [3.05, 3.63) is 0 Å². The quantitative estimate of drug-likeness (QED) is 0.526. The summed E-state index contributed by atoms with van der Waals surface area (Å²) in [6.07, 6.45) is -0.181. The summed E-state index contributed by atoms with van der Waals surface area (Å²) in [5, 5.41) is 0. The minimum Gasteiger partial charge on any atom is -0.353 e. The lowest BCUT2D eigenvalue weighted by Gasteiger charge is -2.15. The summed E-state index contributed by atoms with van der Waals surface area (Å²) in [4.78, 5) is 0. The minimum absolute atomic E-state index is 0.181. The zero-order valence-corrected chi connectivity index (χ0v) is 6.01. The molecule has 0 aromatic heterocycles. The molecule has 0 aliphatic carbocycles. The first-order valence-corrected chi connectivity index (χ1v) is 2.98. The third-order valence-corrected chi connectivity index (χ3v) is 1.25. The standard InChI is InChI=1S/C6H12O3/c1-6(2)8-4-5(7-3)9-6/h5H,4H2,1-3H3/t5-/m0/s1. The molecule has 3 heteroatoms. The van der Waals surface area contributed by atoms with Gasteiger partial charge in [-0.05, 0) is 13.8 Å². The Morgan fingerprint density at radius 3 is 2.44 bits per heavy atom. The summed E-state index contributed by atoms with van der Waals surface area (Å²) in [7, 11) is 1.61. The highest BCUT2D eigenvalue weighted by molar-refractivity contribution is 4.63. The summed E-state index contributed by atoms with van der Waals surface area (Å²) in [5.41, 5.74) is 0. The van der Waals surface area contributed by atoms with Crippen molar-refractivity contribution in [3.63, 3.8) is 0 Å². The van der Waals surface area contributed by atoms with Gasteiger partial charge in [0, 0.05) is 7.11 Å². The van der Waals surface area contributed by atoms with Crippen molar-refractivity contribution >= 4 is 0 Å². The number of methoxy groups -OCH3 is 1. The van der Waals surface area contributed by atoms with Crippen LogP contribution < -0.4 is 0 Å². The Labute approximate surface area is 54.9 Å². The summed E-state index contributed by atoms with van der Waals surface area (Å²) in [5.74, 6) is -0.458. The minimum atomic E-state index is -0.458. The summed E-state index contributed by atoms with van der Waals surface area (Å²) >= 11 is 0. The Bertz CT molecular complexity index is 100. The van der Waals surface area contributed by atoms with E-state index in [4.69, 9.17) is 14.2 Å². The maximum Gasteiger partial charge on any atom is 0.183 e. The lowest BCUT2D eigenvalue weighted by Crippen LogP contribution is -2.21. The molecule has 1 saturated heterocycles. The molecule has 0 aromatic carbocycles. The van der Waals surface area contributed by atoms with Crippen LogP contribution in [0.5, 0.6) is 0 Å². The van der Waals surface area contributed by atoms with Crippen LogP contribution in [0.1, 0.15) is 13.8 Å². The molecule has 0 N–H and O–H groups in total. The van der Waals surface area contributed by atoms with Crippen molar-refractivity contribution in [3.8, 4) is 0 Å². The van der Waals surface area contributed by atoms with E-state index in [9.17, 15) is 0 Å². The van der Waals surface area contributed by atoms with E-state index in [0.29, 0.717) is 6.61 Å². The van der Waals surface area contributed by atoms with Crippen LogP contribution in [0.4, 0.5) is 0 Å². The smallest absolute Gasteiger partial charge is 0.183 e. The van der Waals surface area contributed by atoms with E-state index in [1.54, 1.807) is 7.11 Å². The molecule has 1 aliphatic rings. The summed E-state index contributed by atoms with van der Waals surface area (Å²) in [6, 6.07) is 0. The van der Waals surface area contributed by atoms with Gasteiger partial charge in [-0.15, -0.1) is 0 Å². The van der Waals surface area contributed by atoms with Gasteiger partial charge in [-0.2, -0.15) is 0 Å². The number of hydrogen-bond acceptors (Lipinski definition) is 3. The molecule has 0 spiro atoms. The Hall–Kier alpha value is -0.120. The van der Waals surface area contributed by atoms with Crippen molar-refractivity contribution in [2.24, 2.45) is 0 Å². The molecule has 1 fully saturated rings. The molecule has 0 unspecified atom stereocenters. The van der Waals surface area contributed by atoms with Gasteiger partial charge in [0.2, 0.25) is 0 Å². The Morgan fingerprint density at radius 2 is 2.22 bits per heavy atom. The predicted molar refractivity (Wildman–Crippen MR) is 31.9 cm³/mol. The highest BCUT2D eigenvalue weighted by Crippen LogP contribution is 2.21. The molecule has 1 heterocycles. The van der Waals surface area contributed by atoms with Gasteiger partial charge < -0.3 is 14.2 Å². The van der Waals surface area contributed by atoms with Crippen LogP contribution >= 0.6 is 0 Å². The lowest BCUT2D eigenvalue weighted by atomic mass is 10.4. The molecule has 0 saturated carbocycles. The molecule has 3 nitrogen and oxygen atoms in total. The van der Waals surface area contributed by atoms with E-state index < -0.39 is 5.79 Å². The molecule has 1 atom stereocenters. The van der Waals surface area contributed by atoms with Crippen LogP contribution in [0.15, 0.2) is 0 Å². The highest BCUT2D eigenvalue weighted by Gasteiger charge is 2.32. The van der Waals surface area contributed by atoms with Gasteiger partial charge in [0.1, 0.15) is 6.61 Å². The van der Waals surface area contributed by atoms with Crippen molar-refractivity contribution in [1.82, 2.24) is 0 Å². The number of ether oxygens (including phenoxy) is 3. The molecule has 0 amide bonds.